The molecule has 10 heavy (non-hydrogen) atoms. The van der Waals surface area contributed by atoms with Crippen molar-refractivity contribution in [2.24, 2.45) is 17.8 Å². The first-order valence-electron chi connectivity index (χ1n) is 4.36. The Bertz CT molecular complexity index is 162. The Morgan fingerprint density at radius 3 is 2.60 bits per heavy atom. The van der Waals surface area contributed by atoms with Gasteiger partial charge in [0.25, 0.3) is 0 Å². The summed E-state index contributed by atoms with van der Waals surface area (Å²) in [6.07, 6.45) is 4.81. The summed E-state index contributed by atoms with van der Waals surface area (Å²) in [5.41, 5.74) is 0. The van der Waals surface area contributed by atoms with Gasteiger partial charge in [-0.2, -0.15) is 0 Å². The van der Waals surface area contributed by atoms with E-state index in [1.54, 1.807) is 0 Å². The second-order valence-electron chi connectivity index (χ2n) is 3.69. The van der Waals surface area contributed by atoms with Crippen molar-refractivity contribution in [2.45, 2.75) is 32.6 Å². The zero-order valence-corrected chi connectivity index (χ0v) is 6.47. The van der Waals surface area contributed by atoms with Crippen LogP contribution in [0.1, 0.15) is 32.6 Å². The molecule has 0 aliphatic heterocycles. The second kappa shape index (κ2) is 2.08. The molecule has 0 heterocycles. The predicted octanol–water partition coefficient (Wildman–Crippen LogP) is 2.01. The first kappa shape index (κ1) is 6.38. The highest BCUT2D eigenvalue weighted by Gasteiger charge is 2.45. The van der Waals surface area contributed by atoms with Crippen molar-refractivity contribution in [2.75, 3.05) is 0 Å². The number of rotatable bonds is 1. The van der Waals surface area contributed by atoms with Gasteiger partial charge >= 0.3 is 0 Å². The minimum Gasteiger partial charge on any atom is -0.299 e. The predicted molar refractivity (Wildman–Crippen MR) is 39.6 cm³/mol. The van der Waals surface area contributed by atoms with E-state index in [2.05, 4.69) is 6.92 Å². The molecule has 0 aromatic heterocycles. The third kappa shape index (κ3) is 0.664. The molecule has 56 valence electrons. The zero-order valence-electron chi connectivity index (χ0n) is 6.47. The van der Waals surface area contributed by atoms with E-state index < -0.39 is 0 Å². The first-order chi connectivity index (χ1) is 4.83. The van der Waals surface area contributed by atoms with E-state index in [0.717, 1.165) is 5.92 Å². The van der Waals surface area contributed by atoms with E-state index in [9.17, 15) is 4.79 Å². The van der Waals surface area contributed by atoms with Gasteiger partial charge in [-0.05, 0) is 25.2 Å². The maximum absolute atomic E-state index is 11.3. The fourth-order valence-electron chi connectivity index (χ4n) is 2.65. The Morgan fingerprint density at radius 2 is 2.30 bits per heavy atom. The van der Waals surface area contributed by atoms with E-state index in [0.29, 0.717) is 17.6 Å². The highest BCUT2D eigenvalue weighted by Crippen LogP contribution is 2.46. The van der Waals surface area contributed by atoms with Gasteiger partial charge in [0, 0.05) is 11.8 Å². The molecule has 2 rings (SSSR count). The number of hydrogen-bond donors (Lipinski definition) is 0. The van der Waals surface area contributed by atoms with Gasteiger partial charge in [0.15, 0.2) is 0 Å². The normalized spacial score (nSPS) is 44.9. The van der Waals surface area contributed by atoms with Crippen LogP contribution in [0.25, 0.3) is 0 Å². The van der Waals surface area contributed by atoms with E-state index in [4.69, 9.17) is 0 Å². The number of Topliss-reactive ketones (excluding diaryl/α,β-unsaturated/α-hetero) is 1. The van der Waals surface area contributed by atoms with Crippen molar-refractivity contribution in [1.82, 2.24) is 0 Å². The van der Waals surface area contributed by atoms with Crippen molar-refractivity contribution in [3.63, 3.8) is 0 Å². The van der Waals surface area contributed by atoms with Crippen LogP contribution in [0.2, 0.25) is 0 Å². The summed E-state index contributed by atoms with van der Waals surface area (Å²) >= 11 is 0. The maximum atomic E-state index is 11.3. The number of fused-ring (bicyclic) bond motifs is 2. The van der Waals surface area contributed by atoms with Crippen molar-refractivity contribution in [3.8, 4) is 0 Å². The lowest BCUT2D eigenvalue weighted by atomic mass is 9.87. The fourth-order valence-corrected chi connectivity index (χ4v) is 2.65. The second-order valence-corrected chi connectivity index (χ2v) is 3.69. The van der Waals surface area contributed by atoms with E-state index >= 15 is 0 Å². The van der Waals surface area contributed by atoms with Crippen LogP contribution in [-0.4, -0.2) is 5.78 Å². The van der Waals surface area contributed by atoms with E-state index in [1.807, 2.05) is 0 Å². The van der Waals surface area contributed by atoms with Gasteiger partial charge in [-0.15, -0.1) is 0 Å². The van der Waals surface area contributed by atoms with Crippen molar-refractivity contribution >= 4 is 5.78 Å². The summed E-state index contributed by atoms with van der Waals surface area (Å²) in [4.78, 5) is 11.3. The van der Waals surface area contributed by atoms with E-state index in [-0.39, 0.29) is 0 Å². The highest BCUT2D eigenvalue weighted by molar-refractivity contribution is 5.87. The summed E-state index contributed by atoms with van der Waals surface area (Å²) in [6.45, 7) is 2.21. The van der Waals surface area contributed by atoms with Gasteiger partial charge in [-0.1, -0.05) is 13.3 Å². The van der Waals surface area contributed by atoms with Crippen molar-refractivity contribution in [3.05, 3.63) is 0 Å². The number of carbonyl (C=O) groups excluding carboxylic acids is 1. The Morgan fingerprint density at radius 1 is 1.50 bits per heavy atom. The van der Waals surface area contributed by atoms with E-state index in [1.165, 1.54) is 25.7 Å². The van der Waals surface area contributed by atoms with Crippen LogP contribution < -0.4 is 0 Å². The number of carbonyl (C=O) groups is 1. The third-order valence-corrected chi connectivity index (χ3v) is 3.27. The molecular formula is C9H14O. The molecule has 2 bridgehead atoms. The standard InChI is InChI=1S/C9H14O/c1-2-6-5-7-3-4-8(6)9(7)10/h6-8H,2-5H2,1H3/t6-,7-,8+/m1/s1. The minimum atomic E-state index is 0.481. The van der Waals surface area contributed by atoms with Crippen LogP contribution in [0.3, 0.4) is 0 Å². The summed E-state index contributed by atoms with van der Waals surface area (Å²) in [6, 6.07) is 0. The zero-order chi connectivity index (χ0) is 7.14. The smallest absolute Gasteiger partial charge is 0.139 e. The molecule has 0 N–H and O–H groups in total. The molecule has 0 amide bonds. The van der Waals surface area contributed by atoms with Crippen LogP contribution in [0, 0.1) is 17.8 Å². The molecule has 1 heteroatoms. The van der Waals surface area contributed by atoms with Gasteiger partial charge in [0.05, 0.1) is 0 Å². The lowest BCUT2D eigenvalue weighted by Crippen LogP contribution is -2.10. The molecule has 2 fully saturated rings. The Balaban J connectivity index is 2.16. The molecule has 0 saturated heterocycles. The van der Waals surface area contributed by atoms with Gasteiger partial charge in [0.2, 0.25) is 0 Å². The minimum absolute atomic E-state index is 0.481. The third-order valence-electron chi connectivity index (χ3n) is 3.27. The first-order valence-corrected chi connectivity index (χ1v) is 4.36. The lowest BCUT2D eigenvalue weighted by Gasteiger charge is -2.16. The van der Waals surface area contributed by atoms with Crippen molar-refractivity contribution in [1.29, 1.82) is 0 Å². The molecule has 0 aromatic rings. The molecule has 0 spiro atoms. The highest BCUT2D eigenvalue weighted by atomic mass is 16.1. The monoisotopic (exact) mass is 138 g/mol. The van der Waals surface area contributed by atoms with Crippen LogP contribution in [0.4, 0.5) is 0 Å². The molecule has 3 atom stereocenters. The molecule has 1 nitrogen and oxygen atoms in total. The van der Waals surface area contributed by atoms with Crippen LogP contribution in [0.5, 0.6) is 0 Å². The number of ketones is 1. The Labute approximate surface area is 61.8 Å². The van der Waals surface area contributed by atoms with Gasteiger partial charge in [-0.3, -0.25) is 4.79 Å². The summed E-state index contributed by atoms with van der Waals surface area (Å²) in [5.74, 6) is 2.31. The molecule has 2 aliphatic rings. The van der Waals surface area contributed by atoms with Crippen LogP contribution >= 0.6 is 0 Å². The maximum Gasteiger partial charge on any atom is 0.139 e. The average molecular weight is 138 g/mol. The summed E-state index contributed by atoms with van der Waals surface area (Å²) < 4.78 is 0. The molecular weight excluding hydrogens is 124 g/mol. The SMILES string of the molecule is CC[C@@H]1C[C@H]2CC[C@@H]1C2=O. The fraction of sp³-hybridized carbons (Fsp3) is 0.889. The average Bonchev–Trinajstić information content (AvgIpc) is 2.46. The van der Waals surface area contributed by atoms with Crippen LogP contribution in [-0.2, 0) is 4.79 Å². The van der Waals surface area contributed by atoms with Crippen molar-refractivity contribution < 1.29 is 4.79 Å². The molecule has 0 aromatic carbocycles. The lowest BCUT2D eigenvalue weighted by molar-refractivity contribution is -0.121. The topological polar surface area (TPSA) is 17.1 Å². The summed E-state index contributed by atoms with van der Waals surface area (Å²) in [7, 11) is 0. The van der Waals surface area contributed by atoms with Gasteiger partial charge in [-0.25, -0.2) is 0 Å². The quantitative estimate of drug-likeness (QED) is 0.541. The van der Waals surface area contributed by atoms with Gasteiger partial charge in [0.1, 0.15) is 5.78 Å². The molecule has 0 radical (unpaired) electrons. The van der Waals surface area contributed by atoms with Gasteiger partial charge < -0.3 is 0 Å². The largest absolute Gasteiger partial charge is 0.299 e. The van der Waals surface area contributed by atoms with Crippen LogP contribution in [0.15, 0.2) is 0 Å². The summed E-state index contributed by atoms with van der Waals surface area (Å²) in [5, 5.41) is 0. The Hall–Kier alpha value is -0.330. The molecule has 2 aliphatic carbocycles. The molecule has 0 unspecified atom stereocenters. The number of hydrogen-bond acceptors (Lipinski definition) is 1. The molecule has 2 saturated carbocycles. The Kier molecular flexibility index (Phi) is 1.33.